The molecular formula is C17H15N3. The molecule has 1 unspecified atom stereocenters. The van der Waals surface area contributed by atoms with Crippen LogP contribution in [0.5, 0.6) is 0 Å². The lowest BCUT2D eigenvalue weighted by atomic mass is 9.89. The van der Waals surface area contributed by atoms with Crippen LogP contribution in [0.1, 0.15) is 28.3 Å². The number of nitrogens with zero attached hydrogens (tertiary/aromatic N) is 2. The van der Waals surface area contributed by atoms with E-state index < -0.39 is 0 Å². The van der Waals surface area contributed by atoms with Crippen LogP contribution in [0.3, 0.4) is 0 Å². The van der Waals surface area contributed by atoms with E-state index in [0.29, 0.717) is 6.54 Å². The summed E-state index contributed by atoms with van der Waals surface area (Å²) in [5.74, 6) is 0.250. The van der Waals surface area contributed by atoms with Crippen LogP contribution in [0.25, 0.3) is 5.69 Å². The van der Waals surface area contributed by atoms with Gasteiger partial charge in [0.2, 0.25) is 0 Å². The molecule has 3 heteroatoms. The second kappa shape index (κ2) is 4.32. The molecule has 1 aliphatic rings. The SMILES string of the molecule is NCc1cccc(C2c3ccccc3-n3cncc32)c1. The fraction of sp³-hybridized carbons (Fsp3) is 0.118. The molecule has 4 rings (SSSR count). The Bertz CT molecular complexity index is 773. The molecule has 1 aliphatic heterocycles. The van der Waals surface area contributed by atoms with E-state index in [1.54, 1.807) is 0 Å². The number of fused-ring (bicyclic) bond motifs is 3. The van der Waals surface area contributed by atoms with Gasteiger partial charge in [0.05, 0.1) is 23.6 Å². The van der Waals surface area contributed by atoms with Crippen LogP contribution in [0.15, 0.2) is 61.1 Å². The zero-order chi connectivity index (χ0) is 13.5. The van der Waals surface area contributed by atoms with E-state index in [4.69, 9.17) is 5.73 Å². The van der Waals surface area contributed by atoms with Crippen molar-refractivity contribution < 1.29 is 0 Å². The van der Waals surface area contributed by atoms with Gasteiger partial charge >= 0.3 is 0 Å². The highest BCUT2D eigenvalue weighted by molar-refractivity contribution is 5.57. The maximum absolute atomic E-state index is 5.77. The molecule has 0 amide bonds. The fourth-order valence-corrected chi connectivity index (χ4v) is 3.08. The highest BCUT2D eigenvalue weighted by Crippen LogP contribution is 2.41. The van der Waals surface area contributed by atoms with Gasteiger partial charge in [-0.2, -0.15) is 0 Å². The van der Waals surface area contributed by atoms with Crippen molar-refractivity contribution in [3.63, 3.8) is 0 Å². The second-order valence-corrected chi connectivity index (χ2v) is 5.13. The third kappa shape index (κ3) is 1.53. The molecule has 1 aromatic heterocycles. The molecule has 2 heterocycles. The van der Waals surface area contributed by atoms with Crippen LogP contribution in [0, 0.1) is 0 Å². The molecule has 3 aromatic rings. The number of rotatable bonds is 2. The van der Waals surface area contributed by atoms with E-state index in [1.165, 1.54) is 22.5 Å². The van der Waals surface area contributed by atoms with Gasteiger partial charge in [-0.05, 0) is 22.8 Å². The Morgan fingerprint density at radius 1 is 1.10 bits per heavy atom. The lowest BCUT2D eigenvalue weighted by Gasteiger charge is -2.13. The summed E-state index contributed by atoms with van der Waals surface area (Å²) < 4.78 is 2.18. The number of nitrogens with two attached hydrogens (primary N) is 1. The summed E-state index contributed by atoms with van der Waals surface area (Å²) in [6, 6.07) is 17.0. The van der Waals surface area contributed by atoms with Gasteiger partial charge < -0.3 is 10.3 Å². The van der Waals surface area contributed by atoms with Crippen LogP contribution >= 0.6 is 0 Å². The van der Waals surface area contributed by atoms with Crippen molar-refractivity contribution in [2.75, 3.05) is 0 Å². The Balaban J connectivity index is 1.94. The van der Waals surface area contributed by atoms with E-state index in [1.807, 2.05) is 12.5 Å². The lowest BCUT2D eigenvalue weighted by Crippen LogP contribution is -2.02. The van der Waals surface area contributed by atoms with Crippen LogP contribution in [-0.4, -0.2) is 9.55 Å². The average molecular weight is 261 g/mol. The summed E-state index contributed by atoms with van der Waals surface area (Å²) in [6.45, 7) is 0.571. The number of imidazole rings is 1. The van der Waals surface area contributed by atoms with Crippen molar-refractivity contribution in [1.82, 2.24) is 9.55 Å². The van der Waals surface area contributed by atoms with Crippen molar-refractivity contribution in [1.29, 1.82) is 0 Å². The number of hydrogen-bond donors (Lipinski definition) is 1. The van der Waals surface area contributed by atoms with E-state index in [9.17, 15) is 0 Å². The van der Waals surface area contributed by atoms with Gasteiger partial charge in [-0.15, -0.1) is 0 Å². The van der Waals surface area contributed by atoms with Gasteiger partial charge in [0, 0.05) is 12.7 Å². The van der Waals surface area contributed by atoms with Gasteiger partial charge in [-0.25, -0.2) is 4.98 Å². The minimum atomic E-state index is 0.250. The van der Waals surface area contributed by atoms with Crippen LogP contribution in [-0.2, 0) is 6.54 Å². The molecule has 3 nitrogen and oxygen atoms in total. The summed E-state index contributed by atoms with van der Waals surface area (Å²) in [5.41, 5.74) is 12.0. The summed E-state index contributed by atoms with van der Waals surface area (Å²) in [5, 5.41) is 0. The van der Waals surface area contributed by atoms with E-state index in [2.05, 4.69) is 58.1 Å². The van der Waals surface area contributed by atoms with Crippen molar-refractivity contribution in [3.05, 3.63) is 83.4 Å². The summed E-state index contributed by atoms with van der Waals surface area (Å²) >= 11 is 0. The van der Waals surface area contributed by atoms with Crippen molar-refractivity contribution in [2.24, 2.45) is 5.73 Å². The highest BCUT2D eigenvalue weighted by atomic mass is 15.1. The van der Waals surface area contributed by atoms with Crippen LogP contribution in [0.4, 0.5) is 0 Å². The largest absolute Gasteiger partial charge is 0.326 e. The molecule has 2 aromatic carbocycles. The molecular weight excluding hydrogens is 246 g/mol. The lowest BCUT2D eigenvalue weighted by molar-refractivity contribution is 0.944. The Morgan fingerprint density at radius 3 is 2.90 bits per heavy atom. The average Bonchev–Trinajstić information content (AvgIpc) is 3.07. The Hall–Kier alpha value is -2.39. The number of hydrogen-bond acceptors (Lipinski definition) is 2. The fourth-order valence-electron chi connectivity index (χ4n) is 3.08. The van der Waals surface area contributed by atoms with Gasteiger partial charge in [-0.3, -0.25) is 0 Å². The minimum absolute atomic E-state index is 0.250. The summed E-state index contributed by atoms with van der Waals surface area (Å²) in [7, 11) is 0. The zero-order valence-electron chi connectivity index (χ0n) is 11.0. The van der Waals surface area contributed by atoms with Gasteiger partial charge in [0.15, 0.2) is 0 Å². The van der Waals surface area contributed by atoms with Gasteiger partial charge in [0.25, 0.3) is 0 Å². The smallest absolute Gasteiger partial charge is 0.0994 e. The third-order valence-electron chi connectivity index (χ3n) is 3.99. The van der Waals surface area contributed by atoms with Crippen molar-refractivity contribution >= 4 is 0 Å². The predicted molar refractivity (Wildman–Crippen MR) is 78.8 cm³/mol. The maximum atomic E-state index is 5.77. The molecule has 0 saturated carbocycles. The molecule has 0 bridgehead atoms. The third-order valence-corrected chi connectivity index (χ3v) is 3.99. The molecule has 0 spiro atoms. The quantitative estimate of drug-likeness (QED) is 0.603. The Labute approximate surface area is 117 Å². The normalized spacial score (nSPS) is 15.9. The molecule has 98 valence electrons. The first-order valence-corrected chi connectivity index (χ1v) is 6.79. The molecule has 20 heavy (non-hydrogen) atoms. The monoisotopic (exact) mass is 261 g/mol. The number of para-hydroxylation sites is 1. The number of benzene rings is 2. The standard InChI is InChI=1S/C17H15N3/c18-9-12-4-3-5-13(8-12)17-14-6-1-2-7-15(14)20-11-19-10-16(17)20/h1-8,10-11,17H,9,18H2. The predicted octanol–water partition coefficient (Wildman–Crippen LogP) is 2.82. The van der Waals surface area contributed by atoms with E-state index in [-0.39, 0.29) is 5.92 Å². The first kappa shape index (κ1) is 11.4. The molecule has 1 atom stereocenters. The maximum Gasteiger partial charge on any atom is 0.0994 e. The van der Waals surface area contributed by atoms with Crippen LogP contribution in [0.2, 0.25) is 0 Å². The minimum Gasteiger partial charge on any atom is -0.326 e. The zero-order valence-corrected chi connectivity index (χ0v) is 11.0. The summed E-state index contributed by atoms with van der Waals surface area (Å²) in [4.78, 5) is 4.30. The van der Waals surface area contributed by atoms with E-state index >= 15 is 0 Å². The van der Waals surface area contributed by atoms with Crippen molar-refractivity contribution in [3.8, 4) is 5.69 Å². The molecule has 0 radical (unpaired) electrons. The molecule has 0 saturated heterocycles. The first-order chi connectivity index (χ1) is 9.88. The number of aromatic nitrogens is 2. The first-order valence-electron chi connectivity index (χ1n) is 6.79. The van der Waals surface area contributed by atoms with Gasteiger partial charge in [0.1, 0.15) is 0 Å². The molecule has 2 N–H and O–H groups in total. The Morgan fingerprint density at radius 2 is 2.00 bits per heavy atom. The second-order valence-electron chi connectivity index (χ2n) is 5.13. The van der Waals surface area contributed by atoms with Gasteiger partial charge in [-0.1, -0.05) is 42.5 Å². The highest BCUT2D eigenvalue weighted by Gasteiger charge is 2.29. The topological polar surface area (TPSA) is 43.8 Å². The molecule has 0 aliphatic carbocycles. The summed E-state index contributed by atoms with van der Waals surface area (Å²) in [6.07, 6.45) is 3.85. The van der Waals surface area contributed by atoms with Crippen molar-refractivity contribution in [2.45, 2.75) is 12.5 Å². The van der Waals surface area contributed by atoms with E-state index in [0.717, 1.165) is 5.56 Å². The molecule has 0 fully saturated rings. The van der Waals surface area contributed by atoms with Crippen LogP contribution < -0.4 is 5.73 Å². The Kier molecular flexibility index (Phi) is 2.47.